The number of phenols is 1. The lowest BCUT2D eigenvalue weighted by atomic mass is 10.1. The lowest BCUT2D eigenvalue weighted by Gasteiger charge is -2.18. The first-order valence-electron chi connectivity index (χ1n) is 5.20. The summed E-state index contributed by atoms with van der Waals surface area (Å²) in [7, 11) is 0. The fourth-order valence-corrected chi connectivity index (χ4v) is 1.49. The van der Waals surface area contributed by atoms with Gasteiger partial charge < -0.3 is 5.11 Å². The van der Waals surface area contributed by atoms with Gasteiger partial charge in [0.05, 0.1) is 0 Å². The molecular formula is C12H18ClNO2. The molecule has 0 amide bonds. The Balaban J connectivity index is 0.00000225. The molecule has 4 heteroatoms. The fraction of sp³-hybridized carbons (Fsp3) is 0.417. The van der Waals surface area contributed by atoms with Crippen molar-refractivity contribution in [2.24, 2.45) is 0 Å². The molecule has 0 aromatic heterocycles. The van der Waals surface area contributed by atoms with Crippen molar-refractivity contribution in [2.45, 2.75) is 20.4 Å². The molecule has 0 fully saturated rings. The highest BCUT2D eigenvalue weighted by atomic mass is 35.5. The van der Waals surface area contributed by atoms with Crippen molar-refractivity contribution in [2.75, 3.05) is 13.1 Å². The van der Waals surface area contributed by atoms with E-state index in [1.165, 1.54) is 0 Å². The molecule has 0 saturated heterocycles. The normalized spacial score (nSPS) is 9.94. The second kappa shape index (κ2) is 7.25. The third-order valence-corrected chi connectivity index (χ3v) is 2.53. The maximum absolute atomic E-state index is 10.6. The number of halogens is 1. The summed E-state index contributed by atoms with van der Waals surface area (Å²) in [5.74, 6) is 0.257. The van der Waals surface area contributed by atoms with Gasteiger partial charge in [-0.15, -0.1) is 12.4 Å². The van der Waals surface area contributed by atoms with E-state index in [-0.39, 0.29) is 18.2 Å². The van der Waals surface area contributed by atoms with E-state index in [4.69, 9.17) is 0 Å². The Morgan fingerprint density at radius 3 is 2.44 bits per heavy atom. The molecule has 1 N–H and O–H groups in total. The molecule has 1 rings (SSSR count). The van der Waals surface area contributed by atoms with Gasteiger partial charge in [0.2, 0.25) is 0 Å². The first kappa shape index (κ1) is 14.9. The predicted molar refractivity (Wildman–Crippen MR) is 67.4 cm³/mol. The fourth-order valence-electron chi connectivity index (χ4n) is 1.49. The monoisotopic (exact) mass is 243 g/mol. The van der Waals surface area contributed by atoms with Crippen molar-refractivity contribution < 1.29 is 9.90 Å². The number of phenolic OH excluding ortho intramolecular Hbond substituents is 1. The van der Waals surface area contributed by atoms with Crippen LogP contribution in [-0.2, 0) is 6.54 Å². The summed E-state index contributed by atoms with van der Waals surface area (Å²) in [4.78, 5) is 12.8. The molecule has 0 spiro atoms. The molecule has 1 aromatic carbocycles. The topological polar surface area (TPSA) is 40.5 Å². The first-order valence-corrected chi connectivity index (χ1v) is 5.20. The highest BCUT2D eigenvalue weighted by Gasteiger charge is 2.06. The van der Waals surface area contributed by atoms with Crippen LogP contribution in [0.15, 0.2) is 18.2 Å². The summed E-state index contributed by atoms with van der Waals surface area (Å²) in [5.41, 5.74) is 1.42. The number of rotatable bonds is 5. The summed E-state index contributed by atoms with van der Waals surface area (Å²) >= 11 is 0. The van der Waals surface area contributed by atoms with E-state index in [2.05, 4.69) is 18.7 Å². The molecular weight excluding hydrogens is 226 g/mol. The van der Waals surface area contributed by atoms with Crippen LogP contribution in [-0.4, -0.2) is 29.4 Å². The largest absolute Gasteiger partial charge is 0.508 e. The van der Waals surface area contributed by atoms with Crippen LogP contribution in [0.3, 0.4) is 0 Å². The highest BCUT2D eigenvalue weighted by molar-refractivity contribution is 5.85. The quantitative estimate of drug-likeness (QED) is 0.808. The molecule has 0 radical (unpaired) electrons. The number of aromatic hydroxyl groups is 1. The molecule has 90 valence electrons. The molecule has 0 aliphatic rings. The average molecular weight is 244 g/mol. The van der Waals surface area contributed by atoms with Crippen LogP contribution in [0.2, 0.25) is 0 Å². The minimum Gasteiger partial charge on any atom is -0.508 e. The van der Waals surface area contributed by atoms with E-state index in [9.17, 15) is 9.90 Å². The van der Waals surface area contributed by atoms with Crippen molar-refractivity contribution >= 4 is 18.7 Å². The molecule has 0 aliphatic heterocycles. The number of carbonyl (C=O) groups is 1. The number of carbonyl (C=O) groups excluding carboxylic acids is 1. The van der Waals surface area contributed by atoms with Gasteiger partial charge in [-0.25, -0.2) is 0 Å². The van der Waals surface area contributed by atoms with Crippen molar-refractivity contribution in [1.82, 2.24) is 4.90 Å². The highest BCUT2D eigenvalue weighted by Crippen LogP contribution is 2.19. The van der Waals surface area contributed by atoms with E-state index in [1.807, 2.05) is 0 Å². The first-order chi connectivity index (χ1) is 7.21. The van der Waals surface area contributed by atoms with Gasteiger partial charge in [-0.3, -0.25) is 9.69 Å². The maximum Gasteiger partial charge on any atom is 0.150 e. The average Bonchev–Trinajstić information content (AvgIpc) is 2.28. The zero-order valence-corrected chi connectivity index (χ0v) is 10.5. The molecule has 0 saturated carbocycles. The summed E-state index contributed by atoms with van der Waals surface area (Å²) in [6.45, 7) is 6.69. The van der Waals surface area contributed by atoms with Gasteiger partial charge >= 0.3 is 0 Å². The smallest absolute Gasteiger partial charge is 0.150 e. The van der Waals surface area contributed by atoms with E-state index in [0.717, 1.165) is 24.9 Å². The van der Waals surface area contributed by atoms with E-state index >= 15 is 0 Å². The van der Waals surface area contributed by atoms with Gasteiger partial charge in [0.1, 0.15) is 12.0 Å². The molecule has 0 bridgehead atoms. The minimum absolute atomic E-state index is 0. The summed E-state index contributed by atoms with van der Waals surface area (Å²) in [6.07, 6.45) is 0.797. The predicted octanol–water partition coefficient (Wildman–Crippen LogP) is 2.47. The number of benzene rings is 1. The van der Waals surface area contributed by atoms with Crippen molar-refractivity contribution in [3.05, 3.63) is 29.3 Å². The third-order valence-electron chi connectivity index (χ3n) is 2.53. The van der Waals surface area contributed by atoms with Crippen molar-refractivity contribution in [1.29, 1.82) is 0 Å². The van der Waals surface area contributed by atoms with E-state index in [0.29, 0.717) is 12.1 Å². The Labute approximate surface area is 102 Å². The van der Waals surface area contributed by atoms with Crippen LogP contribution < -0.4 is 0 Å². The van der Waals surface area contributed by atoms with Crippen LogP contribution in [0.25, 0.3) is 0 Å². The van der Waals surface area contributed by atoms with Gasteiger partial charge in [0, 0.05) is 17.7 Å². The molecule has 0 heterocycles. The number of aldehydes is 1. The zero-order chi connectivity index (χ0) is 11.3. The lowest BCUT2D eigenvalue weighted by Crippen LogP contribution is -2.22. The Morgan fingerprint density at radius 2 is 1.94 bits per heavy atom. The third kappa shape index (κ3) is 3.83. The summed E-state index contributed by atoms with van der Waals surface area (Å²) < 4.78 is 0. The molecule has 0 aliphatic carbocycles. The van der Waals surface area contributed by atoms with Crippen molar-refractivity contribution in [3.63, 3.8) is 0 Å². The van der Waals surface area contributed by atoms with Crippen molar-refractivity contribution in [3.8, 4) is 5.75 Å². The van der Waals surface area contributed by atoms with Gasteiger partial charge in [-0.2, -0.15) is 0 Å². The molecule has 16 heavy (non-hydrogen) atoms. The Kier molecular flexibility index (Phi) is 6.77. The van der Waals surface area contributed by atoms with Crippen LogP contribution in [0.1, 0.15) is 29.8 Å². The Hall–Kier alpha value is -1.06. The van der Waals surface area contributed by atoms with E-state index < -0.39 is 0 Å². The Morgan fingerprint density at radius 1 is 1.31 bits per heavy atom. The van der Waals surface area contributed by atoms with Crippen LogP contribution in [0.5, 0.6) is 5.75 Å². The lowest BCUT2D eigenvalue weighted by molar-refractivity contribution is 0.112. The second-order valence-electron chi connectivity index (χ2n) is 3.47. The molecule has 0 atom stereocenters. The SMILES string of the molecule is CCN(CC)Cc1cc(C=O)ccc1O.Cl. The number of nitrogens with zero attached hydrogens (tertiary/aromatic N) is 1. The summed E-state index contributed by atoms with van der Waals surface area (Å²) in [6, 6.07) is 4.93. The van der Waals surface area contributed by atoms with Crippen LogP contribution in [0.4, 0.5) is 0 Å². The maximum atomic E-state index is 10.6. The Bertz CT molecular complexity index is 338. The number of hydrogen-bond acceptors (Lipinski definition) is 3. The minimum atomic E-state index is 0. The zero-order valence-electron chi connectivity index (χ0n) is 9.64. The van der Waals surface area contributed by atoms with Gasteiger partial charge in [-0.1, -0.05) is 13.8 Å². The molecule has 1 aromatic rings. The van der Waals surface area contributed by atoms with E-state index in [1.54, 1.807) is 18.2 Å². The molecule has 3 nitrogen and oxygen atoms in total. The van der Waals surface area contributed by atoms with Gasteiger partial charge in [0.25, 0.3) is 0 Å². The second-order valence-corrected chi connectivity index (χ2v) is 3.47. The number of hydrogen-bond donors (Lipinski definition) is 1. The van der Waals surface area contributed by atoms with Crippen LogP contribution in [0, 0.1) is 0 Å². The molecule has 0 unspecified atom stereocenters. The van der Waals surface area contributed by atoms with Crippen LogP contribution >= 0.6 is 12.4 Å². The summed E-state index contributed by atoms with van der Waals surface area (Å²) in [5, 5.41) is 9.63. The van der Waals surface area contributed by atoms with Gasteiger partial charge in [0.15, 0.2) is 0 Å². The standard InChI is InChI=1S/C12H17NO2.ClH/c1-3-13(4-2)8-11-7-10(9-14)5-6-12(11)15;/h5-7,9,15H,3-4,8H2,1-2H3;1H. The van der Waals surface area contributed by atoms with Gasteiger partial charge in [-0.05, 0) is 31.3 Å².